The zero-order valence-corrected chi connectivity index (χ0v) is 15.4. The van der Waals surface area contributed by atoms with Crippen molar-refractivity contribution in [3.05, 3.63) is 41.5 Å². The van der Waals surface area contributed by atoms with Crippen LogP contribution < -0.4 is 0 Å². The minimum Gasteiger partial charge on any atom is 4.00 e. The molecule has 0 saturated heterocycles. The first kappa shape index (κ1) is 30.1. The molecule has 3 nitrogen and oxygen atoms in total. The maximum Gasteiger partial charge on any atom is 4.00 e. The molecule has 6 heteroatoms. The van der Waals surface area contributed by atoms with Crippen LogP contribution in [0.3, 0.4) is 0 Å². The molecular formula is C10H23FGeN3Zr. The van der Waals surface area contributed by atoms with Crippen LogP contribution in [0, 0.1) is 6.08 Å². The molecule has 0 aromatic heterocycles. The number of allylic oxidation sites excluding steroid dienone is 4. The molecular weight excluding hydrogens is 345 g/mol. The molecule has 0 atom stereocenters. The van der Waals surface area contributed by atoms with Crippen molar-refractivity contribution < 1.29 is 29.7 Å². The van der Waals surface area contributed by atoms with E-state index < -0.39 is 14.8 Å². The van der Waals surface area contributed by atoms with E-state index >= 15 is 0 Å². The fourth-order valence-electron chi connectivity index (χ4n) is 0.340. The van der Waals surface area contributed by atoms with Gasteiger partial charge in [-0.15, -0.1) is 6.42 Å². The quantitative estimate of drug-likeness (QED) is 0.446. The molecule has 1 radical (unpaired) electrons. The minimum absolute atomic E-state index is 0. The van der Waals surface area contributed by atoms with Crippen LogP contribution in [0.1, 0.15) is 6.42 Å². The van der Waals surface area contributed by atoms with Gasteiger partial charge < -0.3 is 17.2 Å². The maximum atomic E-state index is 11.2. The van der Waals surface area contributed by atoms with Gasteiger partial charge in [-0.3, -0.25) is 6.08 Å². The first-order valence-corrected chi connectivity index (χ1v) is 9.40. The Morgan fingerprint density at radius 2 is 1.38 bits per heavy atom. The summed E-state index contributed by atoms with van der Waals surface area (Å²) < 4.78 is 11.2. The molecule has 1 rings (SSSR count). The SMILES string of the molecule is C[NH-].C[NH-].C[NH-].[C-]1=CC=CC1.[CH3][Ge]([CH3])[F].[Zr+4]. The van der Waals surface area contributed by atoms with Crippen molar-refractivity contribution in [1.82, 2.24) is 0 Å². The van der Waals surface area contributed by atoms with Crippen molar-refractivity contribution in [3.63, 3.8) is 0 Å². The van der Waals surface area contributed by atoms with Crippen molar-refractivity contribution in [3.8, 4) is 0 Å². The second-order valence-electron chi connectivity index (χ2n) is 1.88. The Balaban J connectivity index is -0.0000000337. The Labute approximate surface area is 124 Å². The van der Waals surface area contributed by atoms with E-state index in [4.69, 9.17) is 17.2 Å². The third kappa shape index (κ3) is 84.7. The molecule has 0 spiro atoms. The molecule has 16 heavy (non-hydrogen) atoms. The van der Waals surface area contributed by atoms with Crippen LogP contribution in [-0.4, -0.2) is 36.0 Å². The van der Waals surface area contributed by atoms with Gasteiger partial charge in [0.15, 0.2) is 0 Å². The first-order valence-electron chi connectivity index (χ1n) is 4.41. The normalized spacial score (nSPS) is 8.88. The smallest absolute Gasteiger partial charge is 4.00 e. The van der Waals surface area contributed by atoms with Gasteiger partial charge in [0.2, 0.25) is 0 Å². The van der Waals surface area contributed by atoms with E-state index in [-0.39, 0.29) is 26.2 Å². The molecule has 0 aromatic rings. The predicted octanol–water partition coefficient (Wildman–Crippen LogP) is 4.52. The molecule has 0 heterocycles. The zero-order valence-electron chi connectivity index (χ0n) is 10.8. The van der Waals surface area contributed by atoms with Crippen molar-refractivity contribution in [2.24, 2.45) is 0 Å². The predicted molar refractivity (Wildman–Crippen MR) is 70.9 cm³/mol. The van der Waals surface area contributed by atoms with Crippen LogP contribution in [0.15, 0.2) is 18.2 Å². The van der Waals surface area contributed by atoms with Crippen LogP contribution >= 0.6 is 0 Å². The van der Waals surface area contributed by atoms with Crippen molar-refractivity contribution in [1.29, 1.82) is 0 Å². The van der Waals surface area contributed by atoms with Crippen molar-refractivity contribution >= 4 is 14.8 Å². The monoisotopic (exact) mass is 368 g/mol. The van der Waals surface area contributed by atoms with Gasteiger partial charge in [-0.25, -0.2) is 12.2 Å². The topological polar surface area (TPSA) is 71.4 Å². The second kappa shape index (κ2) is 44.8. The average Bonchev–Trinajstić information content (AvgIpc) is 2.83. The van der Waals surface area contributed by atoms with Crippen LogP contribution in [-0.2, 0) is 26.2 Å². The van der Waals surface area contributed by atoms with E-state index in [1.54, 1.807) is 11.5 Å². The van der Waals surface area contributed by atoms with E-state index in [1.807, 2.05) is 12.2 Å². The Hall–Kier alpha value is 0.716. The number of nitrogens with one attached hydrogen (secondary N) is 3. The molecule has 93 valence electrons. The summed E-state index contributed by atoms with van der Waals surface area (Å²) in [4.78, 5) is 0. The zero-order chi connectivity index (χ0) is 13.1. The fraction of sp³-hybridized carbons (Fsp3) is 0.600. The van der Waals surface area contributed by atoms with Crippen LogP contribution in [0.2, 0.25) is 11.5 Å². The molecule has 0 aliphatic heterocycles. The summed E-state index contributed by atoms with van der Waals surface area (Å²) >= 11 is -1.83. The van der Waals surface area contributed by atoms with E-state index in [2.05, 4.69) is 12.2 Å². The Morgan fingerprint density at radius 3 is 1.44 bits per heavy atom. The van der Waals surface area contributed by atoms with Crippen LogP contribution in [0.4, 0.5) is 3.50 Å². The summed E-state index contributed by atoms with van der Waals surface area (Å²) in [6.07, 6.45) is 10.0. The molecule has 0 fully saturated rings. The van der Waals surface area contributed by atoms with Gasteiger partial charge in [0.1, 0.15) is 0 Å². The summed E-state index contributed by atoms with van der Waals surface area (Å²) in [5.41, 5.74) is 17.2. The van der Waals surface area contributed by atoms with Gasteiger partial charge in [0, 0.05) is 0 Å². The molecule has 3 N–H and O–H groups in total. The fourth-order valence-corrected chi connectivity index (χ4v) is 0.340. The molecule has 0 aromatic carbocycles. The molecule has 0 amide bonds. The van der Waals surface area contributed by atoms with E-state index in [1.165, 1.54) is 21.1 Å². The summed E-state index contributed by atoms with van der Waals surface area (Å²) in [6.45, 7) is 0. The Kier molecular flexibility index (Phi) is 84.2. The summed E-state index contributed by atoms with van der Waals surface area (Å²) in [5.74, 6) is 3.33. The second-order valence-corrected chi connectivity index (χ2v) is 5.57. The molecule has 1 aliphatic carbocycles. The van der Waals surface area contributed by atoms with E-state index in [9.17, 15) is 3.50 Å². The molecule has 1 aliphatic rings. The Bertz CT molecular complexity index is 110. The largest absolute Gasteiger partial charge is 4.00 e. The molecule has 0 bridgehead atoms. The number of halogens is 1. The number of hydrogen-bond acceptors (Lipinski definition) is 0. The van der Waals surface area contributed by atoms with E-state index in [0.29, 0.717) is 0 Å². The third-order valence-corrected chi connectivity index (χ3v) is 0.586. The van der Waals surface area contributed by atoms with Crippen molar-refractivity contribution in [2.45, 2.75) is 17.9 Å². The Morgan fingerprint density at radius 1 is 1.06 bits per heavy atom. The van der Waals surface area contributed by atoms with Gasteiger partial charge >= 0.3 is 56.0 Å². The van der Waals surface area contributed by atoms with Gasteiger partial charge in [0.05, 0.1) is 0 Å². The summed E-state index contributed by atoms with van der Waals surface area (Å²) in [7, 11) is 3.75. The van der Waals surface area contributed by atoms with Gasteiger partial charge in [-0.05, 0) is 0 Å². The third-order valence-electron chi connectivity index (χ3n) is 0.586. The molecule has 0 unspecified atom stereocenters. The van der Waals surface area contributed by atoms with Gasteiger partial charge in [0.25, 0.3) is 0 Å². The maximum absolute atomic E-state index is 11.2. The summed E-state index contributed by atoms with van der Waals surface area (Å²) in [6, 6.07) is 0. The first-order chi connectivity index (χ1) is 7.23. The van der Waals surface area contributed by atoms with E-state index in [0.717, 1.165) is 6.42 Å². The number of rotatable bonds is 0. The number of hydrogen-bond donors (Lipinski definition) is 0. The standard InChI is InChI=1S/C5H5.C2H6FGe.3CH4N.Zr/c1-2-4-5-3-1;1-4(2)3;3*1-2;/h1-3H,4H2;1-2H3;3*2H,1H3;/q-1;;3*-1;+4. The van der Waals surface area contributed by atoms with Crippen LogP contribution in [0.25, 0.3) is 17.2 Å². The average molecular weight is 368 g/mol. The van der Waals surface area contributed by atoms with Crippen LogP contribution in [0.5, 0.6) is 0 Å². The molecule has 0 saturated carbocycles. The minimum atomic E-state index is -1.83. The van der Waals surface area contributed by atoms with Gasteiger partial charge in [-0.1, -0.05) is 0 Å². The summed E-state index contributed by atoms with van der Waals surface area (Å²) in [5, 5.41) is 0. The van der Waals surface area contributed by atoms with Crippen molar-refractivity contribution in [2.75, 3.05) is 21.1 Å². The van der Waals surface area contributed by atoms with Gasteiger partial charge in [-0.2, -0.15) is 27.2 Å².